The fourth-order valence-corrected chi connectivity index (χ4v) is 3.15. The van der Waals surface area contributed by atoms with Gasteiger partial charge in [0.2, 0.25) is 0 Å². The summed E-state index contributed by atoms with van der Waals surface area (Å²) in [4.78, 5) is 14.3. The van der Waals surface area contributed by atoms with Crippen LogP contribution in [0.15, 0.2) is 15.5 Å². The first-order valence-corrected chi connectivity index (χ1v) is 8.19. The lowest BCUT2D eigenvalue weighted by atomic mass is 10.0. The maximum absolute atomic E-state index is 12.3. The monoisotopic (exact) mass is 357 g/mol. The Kier molecular flexibility index (Phi) is 5.78. The molecule has 0 bridgehead atoms. The molecule has 7 heteroatoms. The van der Waals surface area contributed by atoms with Crippen LogP contribution in [0.5, 0.6) is 0 Å². The van der Waals surface area contributed by atoms with E-state index in [0.717, 1.165) is 25.1 Å². The molecule has 1 aliphatic rings. The number of halogens is 1. The fourth-order valence-electron chi connectivity index (χ4n) is 2.73. The molecular formula is C14H24BrN5O. The van der Waals surface area contributed by atoms with Crippen molar-refractivity contribution < 1.29 is 0 Å². The van der Waals surface area contributed by atoms with Gasteiger partial charge in [0.05, 0.1) is 18.4 Å². The van der Waals surface area contributed by atoms with Gasteiger partial charge in [-0.2, -0.15) is 5.10 Å². The minimum Gasteiger partial charge on any atom is -0.380 e. The molecule has 2 atom stereocenters. The van der Waals surface area contributed by atoms with Crippen LogP contribution in [-0.2, 0) is 6.54 Å². The summed E-state index contributed by atoms with van der Waals surface area (Å²) in [5.41, 5.74) is 6.48. The third-order valence-electron chi connectivity index (χ3n) is 4.05. The molecule has 2 unspecified atom stereocenters. The minimum absolute atomic E-state index is 0.0934. The maximum Gasteiger partial charge on any atom is 0.283 e. The van der Waals surface area contributed by atoms with Crippen molar-refractivity contribution in [1.29, 1.82) is 0 Å². The molecule has 21 heavy (non-hydrogen) atoms. The molecule has 0 radical (unpaired) electrons. The second-order valence-corrected chi connectivity index (χ2v) is 6.67. The Labute approximate surface area is 133 Å². The van der Waals surface area contributed by atoms with E-state index in [9.17, 15) is 4.79 Å². The fraction of sp³-hybridized carbons (Fsp3) is 0.714. The van der Waals surface area contributed by atoms with Crippen molar-refractivity contribution in [2.75, 3.05) is 32.5 Å². The Bertz CT molecular complexity index is 531. The number of aromatic nitrogens is 2. The van der Waals surface area contributed by atoms with Crippen LogP contribution in [0.25, 0.3) is 0 Å². The van der Waals surface area contributed by atoms with Crippen LogP contribution < -0.4 is 16.6 Å². The Balaban J connectivity index is 2.11. The summed E-state index contributed by atoms with van der Waals surface area (Å²) in [5.74, 6) is 0.480. The molecule has 1 heterocycles. The summed E-state index contributed by atoms with van der Waals surface area (Å²) in [6.45, 7) is 2.05. The lowest BCUT2D eigenvalue weighted by Crippen LogP contribution is -2.32. The highest BCUT2D eigenvalue weighted by atomic mass is 79.9. The second kappa shape index (κ2) is 7.38. The number of rotatable bonds is 6. The van der Waals surface area contributed by atoms with E-state index in [0.29, 0.717) is 29.5 Å². The first kappa shape index (κ1) is 16.5. The zero-order valence-corrected chi connectivity index (χ0v) is 14.3. The number of anilines is 1. The van der Waals surface area contributed by atoms with Crippen LogP contribution in [-0.4, -0.2) is 47.9 Å². The SMILES string of the molecule is CN(C)CCn1ncc(NC2CCCC2CN)c(Br)c1=O. The van der Waals surface area contributed by atoms with Crippen molar-refractivity contribution >= 4 is 21.6 Å². The van der Waals surface area contributed by atoms with Gasteiger partial charge in [-0.1, -0.05) is 6.42 Å². The number of nitrogens with zero attached hydrogens (tertiary/aromatic N) is 3. The van der Waals surface area contributed by atoms with E-state index in [4.69, 9.17) is 5.73 Å². The molecular weight excluding hydrogens is 334 g/mol. The van der Waals surface area contributed by atoms with Gasteiger partial charge in [0.1, 0.15) is 4.47 Å². The van der Waals surface area contributed by atoms with E-state index >= 15 is 0 Å². The smallest absolute Gasteiger partial charge is 0.283 e. The van der Waals surface area contributed by atoms with Gasteiger partial charge in [0.15, 0.2) is 0 Å². The van der Waals surface area contributed by atoms with Crippen molar-refractivity contribution in [1.82, 2.24) is 14.7 Å². The first-order valence-electron chi connectivity index (χ1n) is 7.40. The molecule has 1 aromatic rings. The highest BCUT2D eigenvalue weighted by Crippen LogP contribution is 2.29. The quantitative estimate of drug-likeness (QED) is 0.797. The van der Waals surface area contributed by atoms with Crippen molar-refractivity contribution in [2.24, 2.45) is 11.7 Å². The third-order valence-corrected chi connectivity index (χ3v) is 4.81. The Morgan fingerprint density at radius 2 is 2.29 bits per heavy atom. The molecule has 0 saturated heterocycles. The molecule has 118 valence electrons. The highest BCUT2D eigenvalue weighted by Gasteiger charge is 2.26. The molecule has 6 nitrogen and oxygen atoms in total. The average Bonchev–Trinajstić information content (AvgIpc) is 2.90. The highest BCUT2D eigenvalue weighted by molar-refractivity contribution is 9.10. The van der Waals surface area contributed by atoms with Gasteiger partial charge in [-0.3, -0.25) is 4.79 Å². The number of hydrogen-bond donors (Lipinski definition) is 2. The molecule has 0 amide bonds. The number of likely N-dealkylation sites (N-methyl/N-ethyl adjacent to an activating group) is 1. The van der Waals surface area contributed by atoms with Gasteiger partial charge in [0, 0.05) is 12.6 Å². The average molecular weight is 358 g/mol. The van der Waals surface area contributed by atoms with Gasteiger partial charge >= 0.3 is 0 Å². The molecule has 1 saturated carbocycles. The van der Waals surface area contributed by atoms with Crippen LogP contribution in [0.2, 0.25) is 0 Å². The van der Waals surface area contributed by atoms with Gasteiger partial charge in [-0.25, -0.2) is 4.68 Å². The third kappa shape index (κ3) is 4.05. The predicted octanol–water partition coefficient (Wildman–Crippen LogP) is 1.11. The van der Waals surface area contributed by atoms with E-state index in [1.165, 1.54) is 11.1 Å². The zero-order valence-electron chi connectivity index (χ0n) is 12.7. The van der Waals surface area contributed by atoms with Crippen molar-refractivity contribution in [3.05, 3.63) is 21.0 Å². The standard InChI is InChI=1S/C14H24BrN5O/c1-19(2)6-7-20-14(21)13(15)12(9-17-20)18-11-5-3-4-10(11)8-16/h9-11,18H,3-8,16H2,1-2H3. The zero-order chi connectivity index (χ0) is 15.4. The van der Waals surface area contributed by atoms with E-state index < -0.39 is 0 Å². The van der Waals surface area contributed by atoms with Gasteiger partial charge < -0.3 is 16.0 Å². The summed E-state index contributed by atoms with van der Waals surface area (Å²) in [6, 6.07) is 0.338. The molecule has 0 spiro atoms. The topological polar surface area (TPSA) is 76.2 Å². The Morgan fingerprint density at radius 3 is 2.95 bits per heavy atom. The molecule has 3 N–H and O–H groups in total. The number of hydrogen-bond acceptors (Lipinski definition) is 5. The van der Waals surface area contributed by atoms with Crippen LogP contribution in [0.3, 0.4) is 0 Å². The maximum atomic E-state index is 12.3. The van der Waals surface area contributed by atoms with Gasteiger partial charge in [0.25, 0.3) is 5.56 Å². The Morgan fingerprint density at radius 1 is 1.52 bits per heavy atom. The normalized spacial score (nSPS) is 22.0. The van der Waals surface area contributed by atoms with Crippen molar-refractivity contribution in [2.45, 2.75) is 31.8 Å². The summed E-state index contributed by atoms with van der Waals surface area (Å²) in [6.07, 6.45) is 5.16. The van der Waals surface area contributed by atoms with Crippen molar-refractivity contribution in [3.8, 4) is 0 Å². The summed E-state index contributed by atoms with van der Waals surface area (Å²) >= 11 is 3.41. The van der Waals surface area contributed by atoms with E-state index in [1.54, 1.807) is 6.20 Å². The molecule has 1 fully saturated rings. The van der Waals surface area contributed by atoms with Crippen LogP contribution >= 0.6 is 15.9 Å². The van der Waals surface area contributed by atoms with Gasteiger partial charge in [-0.05, 0) is 55.3 Å². The molecule has 1 aromatic heterocycles. The molecule has 0 aliphatic heterocycles. The summed E-state index contributed by atoms with van der Waals surface area (Å²) in [7, 11) is 3.95. The molecule has 1 aliphatic carbocycles. The van der Waals surface area contributed by atoms with E-state index in [2.05, 4.69) is 26.3 Å². The largest absolute Gasteiger partial charge is 0.380 e. The first-order chi connectivity index (χ1) is 10.0. The van der Waals surface area contributed by atoms with Crippen LogP contribution in [0.1, 0.15) is 19.3 Å². The van der Waals surface area contributed by atoms with E-state index in [1.807, 2.05) is 19.0 Å². The molecule has 2 rings (SSSR count). The van der Waals surface area contributed by atoms with E-state index in [-0.39, 0.29) is 5.56 Å². The van der Waals surface area contributed by atoms with Crippen LogP contribution in [0, 0.1) is 5.92 Å². The Hall–Kier alpha value is -0.920. The summed E-state index contributed by atoms with van der Waals surface area (Å²) in [5, 5.41) is 7.69. The molecule has 0 aromatic carbocycles. The van der Waals surface area contributed by atoms with Gasteiger partial charge in [-0.15, -0.1) is 0 Å². The lowest BCUT2D eigenvalue weighted by Gasteiger charge is -2.21. The number of nitrogens with two attached hydrogens (primary N) is 1. The van der Waals surface area contributed by atoms with Crippen molar-refractivity contribution in [3.63, 3.8) is 0 Å². The second-order valence-electron chi connectivity index (χ2n) is 5.88. The lowest BCUT2D eigenvalue weighted by molar-refractivity contribution is 0.367. The minimum atomic E-state index is -0.0934. The van der Waals surface area contributed by atoms with Crippen LogP contribution in [0.4, 0.5) is 5.69 Å². The predicted molar refractivity (Wildman–Crippen MR) is 88.6 cm³/mol. The summed E-state index contributed by atoms with van der Waals surface area (Å²) < 4.78 is 2.04. The number of nitrogens with one attached hydrogen (secondary N) is 1.